The van der Waals surface area contributed by atoms with E-state index in [1.807, 2.05) is 10.8 Å². The van der Waals surface area contributed by atoms with Crippen molar-refractivity contribution >= 4 is 30.8 Å². The first-order valence-corrected chi connectivity index (χ1v) is 4.82. The molecule has 0 amide bonds. The Morgan fingerprint density at radius 3 is 2.40 bits per heavy atom. The van der Waals surface area contributed by atoms with Crippen molar-refractivity contribution in [3.63, 3.8) is 0 Å². The van der Waals surface area contributed by atoms with Crippen molar-refractivity contribution in [2.24, 2.45) is 0 Å². The first-order chi connectivity index (χ1) is 2.41. The minimum atomic E-state index is 1.14. The fourth-order valence-corrected chi connectivity index (χ4v) is 1.84. The predicted octanol–water partition coefficient (Wildman–Crippen LogP) is 1.83. The van der Waals surface area contributed by atoms with Crippen LogP contribution >= 0.6 is 30.8 Å². The largest absolute Gasteiger partial charge is 0.126 e. The van der Waals surface area contributed by atoms with E-state index in [9.17, 15) is 0 Å². The van der Waals surface area contributed by atoms with E-state index in [0.29, 0.717) is 0 Å². The molecular weight excluding hydrogens is 119 g/mol. The molecule has 0 N–H and O–H groups in total. The maximum Gasteiger partial charge on any atom is 0.0183 e. The van der Waals surface area contributed by atoms with Crippen LogP contribution in [-0.2, 0) is 0 Å². The van der Waals surface area contributed by atoms with Gasteiger partial charge < -0.3 is 0 Å². The van der Waals surface area contributed by atoms with E-state index in [-0.39, 0.29) is 0 Å². The second-order valence-corrected chi connectivity index (χ2v) is 4.06. The molecular formula is C2H7PS2. The Labute approximate surface area is 43.1 Å². The summed E-state index contributed by atoms with van der Waals surface area (Å²) in [6.07, 6.45) is 2.08. The van der Waals surface area contributed by atoms with Gasteiger partial charge in [-0.05, 0) is 6.26 Å². The predicted molar refractivity (Wildman–Crippen MR) is 35.7 cm³/mol. The van der Waals surface area contributed by atoms with E-state index in [2.05, 4.69) is 15.5 Å². The summed E-state index contributed by atoms with van der Waals surface area (Å²) in [6.45, 7) is 0. The van der Waals surface area contributed by atoms with Gasteiger partial charge in [0.15, 0.2) is 0 Å². The van der Waals surface area contributed by atoms with Gasteiger partial charge in [0.2, 0.25) is 0 Å². The van der Waals surface area contributed by atoms with E-state index >= 15 is 0 Å². The Kier molecular flexibility index (Phi) is 6.29. The van der Waals surface area contributed by atoms with Gasteiger partial charge in [0.1, 0.15) is 0 Å². The zero-order valence-electron chi connectivity index (χ0n) is 3.10. The molecule has 0 saturated carbocycles. The first kappa shape index (κ1) is 6.13. The maximum absolute atomic E-state index is 2.64. The fraction of sp³-hybridized carbons (Fsp3) is 1.00. The highest BCUT2D eigenvalue weighted by atomic mass is 33.1. The summed E-state index contributed by atoms with van der Waals surface area (Å²) in [5.41, 5.74) is 1.14. The van der Waals surface area contributed by atoms with Gasteiger partial charge in [-0.1, -0.05) is 21.6 Å². The van der Waals surface area contributed by atoms with E-state index < -0.39 is 0 Å². The van der Waals surface area contributed by atoms with Crippen LogP contribution in [-0.4, -0.2) is 11.7 Å². The molecule has 1 atom stereocenters. The van der Waals surface area contributed by atoms with Crippen LogP contribution in [0.5, 0.6) is 0 Å². The van der Waals surface area contributed by atoms with Crippen molar-refractivity contribution in [1.82, 2.24) is 0 Å². The van der Waals surface area contributed by atoms with Crippen LogP contribution in [0.2, 0.25) is 0 Å². The molecule has 0 heterocycles. The van der Waals surface area contributed by atoms with Gasteiger partial charge in [0.25, 0.3) is 0 Å². The molecule has 1 unspecified atom stereocenters. The molecule has 0 aliphatic rings. The van der Waals surface area contributed by atoms with Crippen molar-refractivity contribution in [3.05, 3.63) is 0 Å². The first-order valence-electron chi connectivity index (χ1n) is 1.27. The van der Waals surface area contributed by atoms with Crippen LogP contribution in [0.25, 0.3) is 0 Å². The molecule has 0 aromatic carbocycles. The van der Waals surface area contributed by atoms with Crippen LogP contribution in [0.3, 0.4) is 0 Å². The van der Waals surface area contributed by atoms with Gasteiger partial charge in [0, 0.05) is 5.49 Å². The Balaban J connectivity index is 2.19. The van der Waals surface area contributed by atoms with Gasteiger partial charge in [-0.25, -0.2) is 0 Å². The molecule has 0 aliphatic heterocycles. The topological polar surface area (TPSA) is 0 Å². The number of rotatable bonds is 2. The molecule has 0 bridgehead atoms. The molecule has 0 aromatic heterocycles. The zero-order chi connectivity index (χ0) is 4.12. The lowest BCUT2D eigenvalue weighted by Crippen LogP contribution is -1.42. The van der Waals surface area contributed by atoms with E-state index in [4.69, 9.17) is 0 Å². The van der Waals surface area contributed by atoms with Crippen molar-refractivity contribution in [3.8, 4) is 0 Å². The minimum absolute atomic E-state index is 1.14. The van der Waals surface area contributed by atoms with Crippen LogP contribution < -0.4 is 0 Å². The fourth-order valence-electron chi connectivity index (χ4n) is 0.0680. The molecule has 5 heavy (non-hydrogen) atoms. The van der Waals surface area contributed by atoms with Gasteiger partial charge >= 0.3 is 0 Å². The summed E-state index contributed by atoms with van der Waals surface area (Å²) in [7, 11) is 6.28. The normalized spacial score (nSPS) is 8.40. The quantitative estimate of drug-likeness (QED) is 0.409. The monoisotopic (exact) mass is 126 g/mol. The summed E-state index contributed by atoms with van der Waals surface area (Å²) in [4.78, 5) is 0. The van der Waals surface area contributed by atoms with E-state index in [1.54, 1.807) is 10.8 Å². The van der Waals surface area contributed by atoms with Crippen LogP contribution in [0.1, 0.15) is 0 Å². The highest BCUT2D eigenvalue weighted by molar-refractivity contribution is 8.77. The summed E-state index contributed by atoms with van der Waals surface area (Å²) in [5, 5.41) is 0. The standard InChI is InChI=1S/C2H7PS2/c1-4-5-2-3/h2-3H2,1H3. The number of hydrogen-bond acceptors (Lipinski definition) is 2. The molecule has 0 saturated heterocycles. The summed E-state index contributed by atoms with van der Waals surface area (Å²) in [5.74, 6) is 0. The third-order valence-corrected chi connectivity index (χ3v) is 2.90. The van der Waals surface area contributed by atoms with Crippen molar-refractivity contribution in [2.45, 2.75) is 0 Å². The SMILES string of the molecule is CSSCP. The maximum atomic E-state index is 2.64. The molecule has 0 nitrogen and oxygen atoms in total. The van der Waals surface area contributed by atoms with Gasteiger partial charge in [-0.2, -0.15) is 0 Å². The lowest BCUT2D eigenvalue weighted by atomic mass is 11.9. The Morgan fingerprint density at radius 2 is 2.40 bits per heavy atom. The minimum Gasteiger partial charge on any atom is -0.126 e. The Hall–Kier alpha value is 1.13. The zero-order valence-corrected chi connectivity index (χ0v) is 5.89. The van der Waals surface area contributed by atoms with Gasteiger partial charge in [0.05, 0.1) is 0 Å². The average molecular weight is 126 g/mol. The van der Waals surface area contributed by atoms with Gasteiger partial charge in [-0.15, -0.1) is 9.24 Å². The molecule has 3 heteroatoms. The van der Waals surface area contributed by atoms with Crippen molar-refractivity contribution in [2.75, 3.05) is 11.7 Å². The van der Waals surface area contributed by atoms with E-state index in [1.165, 1.54) is 0 Å². The lowest BCUT2D eigenvalue weighted by molar-refractivity contribution is 2.33. The average Bonchev–Trinajstić information content (AvgIpc) is 1.41. The summed E-state index contributed by atoms with van der Waals surface area (Å²) in [6, 6.07) is 0. The highest BCUT2D eigenvalue weighted by Crippen LogP contribution is 2.17. The molecule has 0 aliphatic carbocycles. The van der Waals surface area contributed by atoms with Crippen LogP contribution in [0.15, 0.2) is 0 Å². The summed E-state index contributed by atoms with van der Waals surface area (Å²) < 4.78 is 0. The van der Waals surface area contributed by atoms with Crippen molar-refractivity contribution in [1.29, 1.82) is 0 Å². The third kappa shape index (κ3) is 5.13. The second kappa shape index (κ2) is 5.13. The highest BCUT2D eigenvalue weighted by Gasteiger charge is 1.67. The second-order valence-electron chi connectivity index (χ2n) is 0.451. The van der Waals surface area contributed by atoms with Gasteiger partial charge in [-0.3, -0.25) is 0 Å². The number of hydrogen-bond donors (Lipinski definition) is 0. The molecule has 0 spiro atoms. The molecule has 32 valence electrons. The molecule has 0 radical (unpaired) electrons. The van der Waals surface area contributed by atoms with Crippen LogP contribution in [0, 0.1) is 0 Å². The summed E-state index contributed by atoms with van der Waals surface area (Å²) >= 11 is 0. The Morgan fingerprint density at radius 1 is 1.80 bits per heavy atom. The smallest absolute Gasteiger partial charge is 0.0183 e. The molecule has 0 fully saturated rings. The molecule has 0 rings (SSSR count). The Bertz CT molecular complexity index is 15.1. The lowest BCUT2D eigenvalue weighted by Gasteiger charge is -1.79. The van der Waals surface area contributed by atoms with E-state index in [0.717, 1.165) is 5.49 Å². The third-order valence-electron chi connectivity index (χ3n) is 0.186. The van der Waals surface area contributed by atoms with Crippen LogP contribution in [0.4, 0.5) is 0 Å². The molecule has 0 aromatic rings. The van der Waals surface area contributed by atoms with Crippen molar-refractivity contribution < 1.29 is 0 Å².